The minimum absolute atomic E-state index is 0.379. The molecule has 1 unspecified atom stereocenters. The molecule has 4 nitrogen and oxygen atoms in total. The molecule has 4 heteroatoms. The van der Waals surface area contributed by atoms with Gasteiger partial charge in [0.2, 0.25) is 0 Å². The Hall–Kier alpha value is -1.60. The topological polar surface area (TPSA) is 52.0 Å². The fourth-order valence-corrected chi connectivity index (χ4v) is 2.43. The molecule has 1 atom stereocenters. The first kappa shape index (κ1) is 13.8. The van der Waals surface area contributed by atoms with Crippen LogP contribution in [0.15, 0.2) is 12.1 Å². The molecule has 1 aliphatic heterocycles. The molecule has 0 radical (unpaired) electrons. The van der Waals surface area contributed by atoms with Gasteiger partial charge in [-0.25, -0.2) is 4.98 Å². The van der Waals surface area contributed by atoms with Gasteiger partial charge < -0.3 is 10.2 Å². The van der Waals surface area contributed by atoms with Crippen molar-refractivity contribution in [3.63, 3.8) is 0 Å². The van der Waals surface area contributed by atoms with Crippen LogP contribution in [0.3, 0.4) is 0 Å². The second-order valence-corrected chi connectivity index (χ2v) is 5.42. The van der Waals surface area contributed by atoms with E-state index in [1.54, 1.807) is 0 Å². The maximum atomic E-state index is 9.18. The highest BCUT2D eigenvalue weighted by Crippen LogP contribution is 2.21. The number of nitriles is 1. The number of rotatable bonds is 4. The zero-order chi connectivity index (χ0) is 13.8. The second kappa shape index (κ2) is 6.03. The highest BCUT2D eigenvalue weighted by molar-refractivity contribution is 5.53. The Kier molecular flexibility index (Phi) is 4.39. The molecule has 1 aromatic rings. The second-order valence-electron chi connectivity index (χ2n) is 5.42. The van der Waals surface area contributed by atoms with Gasteiger partial charge in [-0.15, -0.1) is 0 Å². The predicted octanol–water partition coefficient (Wildman–Crippen LogP) is 2.58. The smallest absolute Gasteiger partial charge is 0.144 e. The Balaban J connectivity index is 2.14. The maximum absolute atomic E-state index is 9.18. The largest absolute Gasteiger partial charge is 0.365 e. The monoisotopic (exact) mass is 258 g/mol. The van der Waals surface area contributed by atoms with Crippen molar-refractivity contribution in [1.82, 2.24) is 9.88 Å². The number of pyridine rings is 1. The molecule has 1 aliphatic rings. The van der Waals surface area contributed by atoms with Gasteiger partial charge in [-0.05, 0) is 31.0 Å². The van der Waals surface area contributed by atoms with Crippen molar-refractivity contribution >= 4 is 5.82 Å². The Morgan fingerprint density at radius 2 is 2.32 bits per heavy atom. The van der Waals surface area contributed by atoms with E-state index in [2.05, 4.69) is 42.0 Å². The van der Waals surface area contributed by atoms with E-state index in [0.717, 1.165) is 37.6 Å². The zero-order valence-corrected chi connectivity index (χ0v) is 12.0. The minimum Gasteiger partial charge on any atom is -0.365 e. The number of hydrogen-bond donors (Lipinski definition) is 1. The average molecular weight is 258 g/mol. The number of anilines is 1. The molecule has 19 heavy (non-hydrogen) atoms. The third kappa shape index (κ3) is 3.24. The Bertz CT molecular complexity index is 476. The summed E-state index contributed by atoms with van der Waals surface area (Å²) in [5.74, 6) is 1.13. The fraction of sp³-hybridized carbons (Fsp3) is 0.600. The van der Waals surface area contributed by atoms with Crippen LogP contribution >= 0.6 is 0 Å². The molecule has 1 fully saturated rings. The van der Waals surface area contributed by atoms with Crippen LogP contribution in [0.4, 0.5) is 5.82 Å². The van der Waals surface area contributed by atoms with E-state index in [1.165, 1.54) is 0 Å². The highest BCUT2D eigenvalue weighted by atomic mass is 15.2. The number of aromatic nitrogens is 1. The SMILES string of the molecule is CCN1CCC(Nc2nc(C(C)C)ccc2C#N)C1. The molecule has 0 aliphatic carbocycles. The molecule has 2 rings (SSSR count). The first-order valence-corrected chi connectivity index (χ1v) is 7.04. The number of nitrogens with one attached hydrogen (secondary N) is 1. The van der Waals surface area contributed by atoms with Gasteiger partial charge in [-0.3, -0.25) is 0 Å². The van der Waals surface area contributed by atoms with Crippen LogP contribution in [-0.2, 0) is 0 Å². The molecule has 0 saturated carbocycles. The summed E-state index contributed by atoms with van der Waals surface area (Å²) in [6.45, 7) is 9.66. The lowest BCUT2D eigenvalue weighted by Gasteiger charge is -2.17. The fourth-order valence-electron chi connectivity index (χ4n) is 2.43. The number of nitrogens with zero attached hydrogens (tertiary/aromatic N) is 3. The molecule has 1 saturated heterocycles. The van der Waals surface area contributed by atoms with Crippen LogP contribution < -0.4 is 5.32 Å². The predicted molar refractivity (Wildman–Crippen MR) is 77.2 cm³/mol. The molecular formula is C15H22N4. The van der Waals surface area contributed by atoms with Gasteiger partial charge in [-0.2, -0.15) is 5.26 Å². The molecule has 0 spiro atoms. The van der Waals surface area contributed by atoms with Crippen LogP contribution in [0.2, 0.25) is 0 Å². The van der Waals surface area contributed by atoms with Crippen molar-refractivity contribution in [2.24, 2.45) is 0 Å². The summed E-state index contributed by atoms with van der Waals surface area (Å²) in [4.78, 5) is 7.02. The summed E-state index contributed by atoms with van der Waals surface area (Å²) in [6.07, 6.45) is 1.12. The molecule has 102 valence electrons. The molecule has 0 amide bonds. The molecule has 1 N–H and O–H groups in total. The van der Waals surface area contributed by atoms with E-state index in [1.807, 2.05) is 12.1 Å². The van der Waals surface area contributed by atoms with Crippen molar-refractivity contribution in [2.75, 3.05) is 25.0 Å². The van der Waals surface area contributed by atoms with E-state index in [0.29, 0.717) is 17.5 Å². The first-order chi connectivity index (χ1) is 9.13. The van der Waals surface area contributed by atoms with Gasteiger partial charge in [0.05, 0.1) is 5.56 Å². The van der Waals surface area contributed by atoms with E-state index in [4.69, 9.17) is 0 Å². The Labute approximate surface area is 115 Å². The lowest BCUT2D eigenvalue weighted by Crippen LogP contribution is -2.26. The van der Waals surface area contributed by atoms with Crippen molar-refractivity contribution in [2.45, 2.75) is 39.2 Å². The average Bonchev–Trinajstić information content (AvgIpc) is 2.86. The van der Waals surface area contributed by atoms with E-state index >= 15 is 0 Å². The maximum Gasteiger partial charge on any atom is 0.144 e. The van der Waals surface area contributed by atoms with Crippen LogP contribution in [-0.4, -0.2) is 35.6 Å². The van der Waals surface area contributed by atoms with Gasteiger partial charge in [0.15, 0.2) is 0 Å². The van der Waals surface area contributed by atoms with E-state index in [9.17, 15) is 5.26 Å². The van der Waals surface area contributed by atoms with Crippen LogP contribution in [0.5, 0.6) is 0 Å². The molecule has 2 heterocycles. The van der Waals surface area contributed by atoms with Gasteiger partial charge in [0.1, 0.15) is 11.9 Å². The summed E-state index contributed by atoms with van der Waals surface area (Å²) in [5, 5.41) is 12.6. The summed E-state index contributed by atoms with van der Waals surface area (Å²) < 4.78 is 0. The van der Waals surface area contributed by atoms with Gasteiger partial charge in [0, 0.05) is 24.8 Å². The van der Waals surface area contributed by atoms with Crippen molar-refractivity contribution < 1.29 is 0 Å². The Morgan fingerprint density at radius 3 is 2.89 bits per heavy atom. The lowest BCUT2D eigenvalue weighted by molar-refractivity contribution is 0.356. The number of likely N-dealkylation sites (N-methyl/N-ethyl adjacent to an activating group) is 1. The van der Waals surface area contributed by atoms with Crippen molar-refractivity contribution in [1.29, 1.82) is 5.26 Å². The standard InChI is InChI=1S/C15H22N4/c1-4-19-8-7-13(10-19)17-15-12(9-16)5-6-14(18-15)11(2)3/h5-6,11,13H,4,7-8,10H2,1-3H3,(H,17,18). The van der Waals surface area contributed by atoms with Gasteiger partial charge in [0.25, 0.3) is 0 Å². The normalized spacial score (nSPS) is 19.6. The molecule has 0 bridgehead atoms. The lowest BCUT2D eigenvalue weighted by atomic mass is 10.1. The third-order valence-corrected chi connectivity index (χ3v) is 3.69. The summed E-state index contributed by atoms with van der Waals surface area (Å²) in [5.41, 5.74) is 1.67. The quantitative estimate of drug-likeness (QED) is 0.902. The number of likely N-dealkylation sites (tertiary alicyclic amines) is 1. The van der Waals surface area contributed by atoms with E-state index < -0.39 is 0 Å². The summed E-state index contributed by atoms with van der Waals surface area (Å²) in [6, 6.07) is 6.44. The minimum atomic E-state index is 0.379. The van der Waals surface area contributed by atoms with E-state index in [-0.39, 0.29) is 0 Å². The number of hydrogen-bond acceptors (Lipinski definition) is 4. The van der Waals surface area contributed by atoms with Crippen LogP contribution in [0.1, 0.15) is 44.4 Å². The van der Waals surface area contributed by atoms with Crippen LogP contribution in [0.25, 0.3) is 0 Å². The Morgan fingerprint density at radius 1 is 1.53 bits per heavy atom. The summed E-state index contributed by atoms with van der Waals surface area (Å²) in [7, 11) is 0. The first-order valence-electron chi connectivity index (χ1n) is 7.04. The molecule has 1 aromatic heterocycles. The van der Waals surface area contributed by atoms with Crippen molar-refractivity contribution in [3.05, 3.63) is 23.4 Å². The molecule has 0 aromatic carbocycles. The molecular weight excluding hydrogens is 236 g/mol. The third-order valence-electron chi connectivity index (χ3n) is 3.69. The van der Waals surface area contributed by atoms with Gasteiger partial charge >= 0.3 is 0 Å². The van der Waals surface area contributed by atoms with Crippen molar-refractivity contribution in [3.8, 4) is 6.07 Å². The summed E-state index contributed by atoms with van der Waals surface area (Å²) >= 11 is 0. The van der Waals surface area contributed by atoms with Gasteiger partial charge in [-0.1, -0.05) is 20.8 Å². The van der Waals surface area contributed by atoms with Crippen LogP contribution in [0, 0.1) is 11.3 Å². The zero-order valence-electron chi connectivity index (χ0n) is 12.0. The highest BCUT2D eigenvalue weighted by Gasteiger charge is 2.22.